The molecule has 1 rings (SSSR count). The van der Waals surface area contributed by atoms with E-state index in [9.17, 15) is 8.42 Å². The van der Waals surface area contributed by atoms with Crippen molar-refractivity contribution in [3.8, 4) is 0 Å². The van der Waals surface area contributed by atoms with Crippen LogP contribution in [0.15, 0.2) is 29.2 Å². The maximum absolute atomic E-state index is 12.4. The van der Waals surface area contributed by atoms with Crippen LogP contribution in [0.25, 0.3) is 0 Å². The fourth-order valence-electron chi connectivity index (χ4n) is 2.00. The van der Waals surface area contributed by atoms with Crippen molar-refractivity contribution >= 4 is 10.0 Å². The summed E-state index contributed by atoms with van der Waals surface area (Å²) in [5.74, 6) is 0. The molecule has 0 aromatic heterocycles. The van der Waals surface area contributed by atoms with E-state index in [0.717, 1.165) is 18.4 Å². The molecular weight excluding hydrogens is 248 g/mol. The number of hydrogen-bond acceptors (Lipinski definition) is 3. The Morgan fingerprint density at radius 1 is 1.28 bits per heavy atom. The summed E-state index contributed by atoms with van der Waals surface area (Å²) in [6.07, 6.45) is 1.62. The van der Waals surface area contributed by atoms with Gasteiger partial charge in [0, 0.05) is 19.6 Å². The molecule has 0 spiro atoms. The first-order valence-corrected chi connectivity index (χ1v) is 7.68. The van der Waals surface area contributed by atoms with E-state index in [1.54, 1.807) is 25.2 Å². The van der Waals surface area contributed by atoms with Gasteiger partial charge in [0.1, 0.15) is 0 Å². The molecule has 4 nitrogen and oxygen atoms in total. The zero-order valence-corrected chi connectivity index (χ0v) is 12.1. The molecule has 0 atom stereocenters. The van der Waals surface area contributed by atoms with Crippen molar-refractivity contribution in [2.45, 2.75) is 44.2 Å². The Morgan fingerprint density at radius 3 is 2.39 bits per heavy atom. The van der Waals surface area contributed by atoms with E-state index in [1.165, 1.54) is 4.31 Å². The summed E-state index contributed by atoms with van der Waals surface area (Å²) in [5.41, 5.74) is 6.37. The van der Waals surface area contributed by atoms with Gasteiger partial charge in [0.2, 0.25) is 10.0 Å². The summed E-state index contributed by atoms with van der Waals surface area (Å²) in [6.45, 7) is 4.34. The second kappa shape index (κ2) is 6.31. The molecule has 0 fully saturated rings. The molecule has 0 amide bonds. The normalized spacial score (nSPS) is 12.3. The lowest BCUT2D eigenvalue weighted by atomic mass is 10.2. The third-order valence-corrected chi connectivity index (χ3v) is 5.17. The molecule has 1 aromatic rings. The predicted octanol–water partition coefficient (Wildman–Crippen LogP) is 1.95. The van der Waals surface area contributed by atoms with Crippen LogP contribution in [-0.2, 0) is 16.6 Å². The number of benzene rings is 1. The van der Waals surface area contributed by atoms with Gasteiger partial charge >= 0.3 is 0 Å². The molecule has 0 saturated carbocycles. The number of nitrogens with two attached hydrogens (primary N) is 1. The molecule has 0 saturated heterocycles. The fraction of sp³-hybridized carbons (Fsp3) is 0.538. The highest BCUT2D eigenvalue weighted by Crippen LogP contribution is 2.20. The Morgan fingerprint density at radius 2 is 1.89 bits per heavy atom. The van der Waals surface area contributed by atoms with Crippen molar-refractivity contribution in [2.75, 3.05) is 7.05 Å². The average molecular weight is 270 g/mol. The fourth-order valence-corrected chi connectivity index (χ4v) is 3.57. The first-order valence-electron chi connectivity index (χ1n) is 6.24. The monoisotopic (exact) mass is 270 g/mol. The highest BCUT2D eigenvalue weighted by Gasteiger charge is 2.25. The summed E-state index contributed by atoms with van der Waals surface area (Å²) in [6, 6.07) is 6.87. The third kappa shape index (κ3) is 3.10. The van der Waals surface area contributed by atoms with Crippen LogP contribution in [0.5, 0.6) is 0 Å². The number of nitrogens with zero attached hydrogens (tertiary/aromatic N) is 1. The van der Waals surface area contributed by atoms with Gasteiger partial charge in [-0.1, -0.05) is 26.0 Å². The highest BCUT2D eigenvalue weighted by molar-refractivity contribution is 7.89. The smallest absolute Gasteiger partial charge is 0.243 e. The first kappa shape index (κ1) is 15.1. The predicted molar refractivity (Wildman–Crippen MR) is 73.7 cm³/mol. The maximum atomic E-state index is 12.4. The van der Waals surface area contributed by atoms with Crippen LogP contribution in [0.3, 0.4) is 0 Å². The highest BCUT2D eigenvalue weighted by atomic mass is 32.2. The minimum Gasteiger partial charge on any atom is -0.326 e. The summed E-state index contributed by atoms with van der Waals surface area (Å²) < 4.78 is 26.4. The van der Waals surface area contributed by atoms with Crippen molar-refractivity contribution in [3.63, 3.8) is 0 Å². The van der Waals surface area contributed by atoms with Gasteiger partial charge < -0.3 is 5.73 Å². The maximum Gasteiger partial charge on any atom is 0.243 e. The Balaban J connectivity index is 3.12. The lowest BCUT2D eigenvalue weighted by molar-refractivity contribution is 0.349. The van der Waals surface area contributed by atoms with Gasteiger partial charge in [-0.25, -0.2) is 8.42 Å². The van der Waals surface area contributed by atoms with Gasteiger partial charge in [-0.2, -0.15) is 4.31 Å². The van der Waals surface area contributed by atoms with E-state index in [1.807, 2.05) is 19.9 Å². The minimum absolute atomic E-state index is 0.0385. The Kier molecular flexibility index (Phi) is 5.31. The van der Waals surface area contributed by atoms with Gasteiger partial charge in [-0.3, -0.25) is 0 Å². The zero-order chi connectivity index (χ0) is 13.8. The molecule has 102 valence electrons. The summed E-state index contributed by atoms with van der Waals surface area (Å²) >= 11 is 0. The second-order valence-electron chi connectivity index (χ2n) is 4.34. The number of rotatable bonds is 6. The average Bonchev–Trinajstić information content (AvgIpc) is 2.40. The quantitative estimate of drug-likeness (QED) is 0.859. The van der Waals surface area contributed by atoms with Crippen molar-refractivity contribution in [2.24, 2.45) is 5.73 Å². The van der Waals surface area contributed by atoms with E-state index in [4.69, 9.17) is 5.73 Å². The lowest BCUT2D eigenvalue weighted by Crippen LogP contribution is -2.36. The molecule has 0 aliphatic carbocycles. The van der Waals surface area contributed by atoms with E-state index < -0.39 is 10.0 Å². The van der Waals surface area contributed by atoms with Crippen molar-refractivity contribution < 1.29 is 8.42 Å². The molecule has 18 heavy (non-hydrogen) atoms. The summed E-state index contributed by atoms with van der Waals surface area (Å²) in [7, 11) is -1.78. The van der Waals surface area contributed by atoms with Crippen molar-refractivity contribution in [1.82, 2.24) is 4.31 Å². The van der Waals surface area contributed by atoms with Crippen LogP contribution in [0.1, 0.15) is 32.3 Å². The van der Waals surface area contributed by atoms with Crippen LogP contribution >= 0.6 is 0 Å². The van der Waals surface area contributed by atoms with Crippen LogP contribution < -0.4 is 5.73 Å². The SMILES string of the molecule is CCC(CC)N(C)S(=O)(=O)c1cccc(CN)c1. The molecule has 0 unspecified atom stereocenters. The standard InChI is InChI=1S/C13H22N2O2S/c1-4-12(5-2)15(3)18(16,17)13-8-6-7-11(9-13)10-14/h6-9,12H,4-5,10,14H2,1-3H3. The van der Waals surface area contributed by atoms with Gasteiger partial charge in [0.15, 0.2) is 0 Å². The molecule has 0 radical (unpaired) electrons. The molecule has 5 heteroatoms. The van der Waals surface area contributed by atoms with Gasteiger partial charge in [-0.05, 0) is 30.5 Å². The molecule has 2 N–H and O–H groups in total. The van der Waals surface area contributed by atoms with Crippen molar-refractivity contribution in [1.29, 1.82) is 0 Å². The van der Waals surface area contributed by atoms with Gasteiger partial charge in [0.25, 0.3) is 0 Å². The Hall–Kier alpha value is -0.910. The second-order valence-corrected chi connectivity index (χ2v) is 6.34. The van der Waals surface area contributed by atoms with E-state index >= 15 is 0 Å². The molecule has 0 bridgehead atoms. The third-order valence-electron chi connectivity index (χ3n) is 3.27. The van der Waals surface area contributed by atoms with Gasteiger partial charge in [-0.15, -0.1) is 0 Å². The Bertz CT molecular complexity index is 482. The molecule has 0 aliphatic heterocycles. The number of sulfonamides is 1. The van der Waals surface area contributed by atoms with Crippen LogP contribution in [0, 0.1) is 0 Å². The Labute approximate surface area is 110 Å². The van der Waals surface area contributed by atoms with Crippen molar-refractivity contribution in [3.05, 3.63) is 29.8 Å². The van der Waals surface area contributed by atoms with E-state index in [-0.39, 0.29) is 6.04 Å². The van der Waals surface area contributed by atoms with Crippen LogP contribution in [0.4, 0.5) is 0 Å². The summed E-state index contributed by atoms with van der Waals surface area (Å²) in [5, 5.41) is 0. The minimum atomic E-state index is -3.42. The van der Waals surface area contributed by atoms with Crippen LogP contribution in [-0.4, -0.2) is 25.8 Å². The summed E-state index contributed by atoms with van der Waals surface area (Å²) in [4.78, 5) is 0.319. The zero-order valence-electron chi connectivity index (χ0n) is 11.3. The van der Waals surface area contributed by atoms with Crippen LogP contribution in [0.2, 0.25) is 0 Å². The largest absolute Gasteiger partial charge is 0.326 e. The van der Waals surface area contributed by atoms with E-state index in [2.05, 4.69) is 0 Å². The molecular formula is C13H22N2O2S. The molecule has 0 aliphatic rings. The van der Waals surface area contributed by atoms with Gasteiger partial charge in [0.05, 0.1) is 4.90 Å². The number of hydrogen-bond donors (Lipinski definition) is 1. The molecule has 0 heterocycles. The van der Waals surface area contributed by atoms with E-state index in [0.29, 0.717) is 11.4 Å². The first-order chi connectivity index (χ1) is 8.47. The lowest BCUT2D eigenvalue weighted by Gasteiger charge is -2.25. The molecule has 1 aromatic carbocycles. The topological polar surface area (TPSA) is 63.4 Å².